The van der Waals surface area contributed by atoms with Crippen molar-refractivity contribution in [2.45, 2.75) is 38.3 Å². The first-order valence-electron chi connectivity index (χ1n) is 19.5. The number of hydrogen-bond donors (Lipinski definition) is 5. The molecule has 1 heterocycles. The van der Waals surface area contributed by atoms with Gasteiger partial charge >= 0.3 is 5.97 Å². The number of nitrogens with zero attached hydrogens (tertiary/aromatic N) is 4. The molecule has 0 bridgehead atoms. The van der Waals surface area contributed by atoms with Gasteiger partial charge in [0.2, 0.25) is 11.8 Å². The first-order chi connectivity index (χ1) is 28.7. The van der Waals surface area contributed by atoms with Crippen molar-refractivity contribution in [1.82, 2.24) is 15.6 Å². The minimum absolute atomic E-state index is 0.299. The predicted octanol–water partition coefficient (Wildman–Crippen LogP) is 4.93. The number of carboxylic acid groups (broad SMARTS) is 1. The summed E-state index contributed by atoms with van der Waals surface area (Å²) in [5.74, 6) is -0.622. The number of rotatable bonds is 29. The van der Waals surface area contributed by atoms with Gasteiger partial charge in [0.05, 0.1) is 77.9 Å². The lowest BCUT2D eigenvalue weighted by Gasteiger charge is -2.19. The van der Waals surface area contributed by atoms with E-state index in [-0.39, 0.29) is 13.0 Å². The van der Waals surface area contributed by atoms with Crippen LogP contribution in [0, 0.1) is 6.92 Å². The molecule has 0 saturated carbocycles. The highest BCUT2D eigenvalue weighted by molar-refractivity contribution is 6.00. The molecule has 0 aliphatic carbocycles. The summed E-state index contributed by atoms with van der Waals surface area (Å²) in [7, 11) is 0. The molecule has 59 heavy (non-hydrogen) atoms. The number of aryl methyl sites for hydroxylation is 1. The maximum Gasteiger partial charge on any atom is 0.305 e. The average Bonchev–Trinajstić information content (AvgIpc) is 3.23. The van der Waals surface area contributed by atoms with Crippen molar-refractivity contribution in [3.8, 4) is 16.9 Å². The molecule has 3 aromatic carbocycles. The lowest BCUT2D eigenvalue weighted by Crippen LogP contribution is -2.45. The van der Waals surface area contributed by atoms with Gasteiger partial charge in [0.25, 0.3) is 0 Å². The number of fused-ring (bicyclic) bond motifs is 1. The molecule has 4 aromatic rings. The largest absolute Gasteiger partial charge is 0.491 e. The fourth-order valence-corrected chi connectivity index (χ4v) is 5.94. The molecule has 17 nitrogen and oxygen atoms in total. The number of amides is 2. The van der Waals surface area contributed by atoms with Crippen molar-refractivity contribution in [1.29, 1.82) is 0 Å². The monoisotopic (exact) mass is 814 g/mol. The van der Waals surface area contributed by atoms with E-state index in [1.54, 1.807) is 18.3 Å². The number of nitrogens with one attached hydrogen (secondary N) is 3. The highest BCUT2D eigenvalue weighted by Gasteiger charge is 2.20. The summed E-state index contributed by atoms with van der Waals surface area (Å²) in [6, 6.07) is 21.3. The maximum absolute atomic E-state index is 12.9. The smallest absolute Gasteiger partial charge is 0.305 e. The molecular weight excluding hydrogens is 761 g/mol. The number of ether oxygens (including phenoxy) is 5. The van der Waals surface area contributed by atoms with E-state index >= 15 is 0 Å². The quantitative estimate of drug-likeness (QED) is 0.0212. The van der Waals surface area contributed by atoms with Crippen LogP contribution in [0.5, 0.6) is 5.75 Å². The average molecular weight is 815 g/mol. The number of aromatic nitrogens is 1. The lowest BCUT2D eigenvalue weighted by molar-refractivity contribution is -0.138. The van der Waals surface area contributed by atoms with Gasteiger partial charge in [-0.25, -0.2) is 4.98 Å². The van der Waals surface area contributed by atoms with Gasteiger partial charge in [-0.15, -0.1) is 0 Å². The molecule has 0 aliphatic heterocycles. The summed E-state index contributed by atoms with van der Waals surface area (Å²) in [6.07, 6.45) is 2.40. The van der Waals surface area contributed by atoms with Crippen LogP contribution in [0.1, 0.15) is 36.4 Å². The summed E-state index contributed by atoms with van der Waals surface area (Å²) >= 11 is 0. The summed E-state index contributed by atoms with van der Waals surface area (Å²) in [5.41, 5.74) is 17.8. The number of pyridine rings is 1. The highest BCUT2D eigenvalue weighted by atomic mass is 16.6. The van der Waals surface area contributed by atoms with Gasteiger partial charge in [-0.1, -0.05) is 59.7 Å². The van der Waals surface area contributed by atoms with E-state index in [2.05, 4.69) is 31.0 Å². The van der Waals surface area contributed by atoms with Crippen molar-refractivity contribution < 1.29 is 43.2 Å². The Morgan fingerprint density at radius 1 is 0.864 bits per heavy atom. The zero-order chi connectivity index (χ0) is 42.1. The molecule has 2 atom stereocenters. The SMILES string of the molecule is Cc1ccnc(NCCCC(N)C(=O)NCC(=O)NC(CC(=O)O)c2ccc(-c3ccc(OCCOCCOCCOCCOCCN=[N+]=[N-])c4ccccc34)cc2)c1. The van der Waals surface area contributed by atoms with Crippen LogP contribution in [0.3, 0.4) is 0 Å². The maximum atomic E-state index is 12.9. The first-order valence-corrected chi connectivity index (χ1v) is 19.5. The van der Waals surface area contributed by atoms with Crippen LogP contribution < -0.4 is 26.4 Å². The first kappa shape index (κ1) is 45.9. The molecular formula is C42H54N8O9. The third-order valence-corrected chi connectivity index (χ3v) is 8.90. The second-order valence-electron chi connectivity index (χ2n) is 13.4. The topological polar surface area (TPSA) is 241 Å². The summed E-state index contributed by atoms with van der Waals surface area (Å²) < 4.78 is 27.9. The standard InChI is InChI=1S/C42H54N8O9/c1-30-14-16-46-39(27-30)45-15-4-7-36(43)42(54)47-29-40(51)49-37(28-41(52)53)32-10-8-31(9-11-32)33-12-13-38(35-6-3-2-5-34(33)35)59-26-25-58-24-23-57-22-21-56-20-19-55-18-17-48-50-44/h2-3,5-6,8-14,16,27,36-37H,4,7,15,17-26,28-29,43H2,1H3,(H,45,46)(H,47,54)(H,49,51)(H,52,53). The van der Waals surface area contributed by atoms with Crippen molar-refractivity contribution in [3.63, 3.8) is 0 Å². The minimum Gasteiger partial charge on any atom is -0.491 e. The van der Waals surface area contributed by atoms with E-state index in [0.717, 1.165) is 33.3 Å². The molecule has 0 aliphatic rings. The van der Waals surface area contributed by atoms with Crippen LogP contribution in [0.15, 0.2) is 84.1 Å². The molecule has 17 heteroatoms. The zero-order valence-corrected chi connectivity index (χ0v) is 33.3. The van der Waals surface area contributed by atoms with Crippen LogP contribution in [0.25, 0.3) is 32.3 Å². The molecule has 316 valence electrons. The van der Waals surface area contributed by atoms with Gasteiger partial charge in [-0.3, -0.25) is 14.4 Å². The van der Waals surface area contributed by atoms with E-state index in [0.29, 0.717) is 96.7 Å². The minimum atomic E-state index is -1.08. The molecule has 0 spiro atoms. The van der Waals surface area contributed by atoms with Crippen molar-refractivity contribution in [2.24, 2.45) is 10.8 Å². The molecule has 1 aromatic heterocycles. The van der Waals surface area contributed by atoms with Gasteiger partial charge < -0.3 is 50.5 Å². The molecule has 0 saturated heterocycles. The van der Waals surface area contributed by atoms with Crippen molar-refractivity contribution in [2.75, 3.05) is 84.4 Å². The zero-order valence-electron chi connectivity index (χ0n) is 33.3. The number of hydrogen-bond acceptors (Lipinski definition) is 12. The van der Waals surface area contributed by atoms with Gasteiger partial charge in [-0.05, 0) is 71.1 Å². The van der Waals surface area contributed by atoms with Gasteiger partial charge in [0.1, 0.15) is 18.2 Å². The van der Waals surface area contributed by atoms with Crippen LogP contribution in [0.4, 0.5) is 5.82 Å². The Kier molecular flexibility index (Phi) is 20.4. The second-order valence-corrected chi connectivity index (χ2v) is 13.4. The van der Waals surface area contributed by atoms with Crippen molar-refractivity contribution >= 4 is 34.4 Å². The number of anilines is 1. The fourth-order valence-electron chi connectivity index (χ4n) is 5.94. The molecule has 2 amide bonds. The number of aliphatic carboxylic acids is 1. The van der Waals surface area contributed by atoms with E-state index in [4.69, 9.17) is 34.9 Å². The van der Waals surface area contributed by atoms with E-state index in [9.17, 15) is 19.5 Å². The Balaban J connectivity index is 1.20. The van der Waals surface area contributed by atoms with Crippen LogP contribution in [-0.2, 0) is 33.3 Å². The Morgan fingerprint density at radius 2 is 1.53 bits per heavy atom. The second kappa shape index (κ2) is 26.2. The third kappa shape index (κ3) is 16.9. The van der Waals surface area contributed by atoms with Crippen LogP contribution >= 0.6 is 0 Å². The number of carbonyl (C=O) groups excluding carboxylic acids is 2. The van der Waals surface area contributed by atoms with E-state index < -0.39 is 29.9 Å². The summed E-state index contributed by atoms with van der Waals surface area (Å²) in [4.78, 5) is 44.1. The molecule has 0 radical (unpaired) electrons. The highest BCUT2D eigenvalue weighted by Crippen LogP contribution is 2.35. The van der Waals surface area contributed by atoms with Gasteiger partial charge in [-0.2, -0.15) is 0 Å². The fraction of sp³-hybridized carbons (Fsp3) is 0.429. The Hall–Kier alpha value is -5.81. The van der Waals surface area contributed by atoms with Crippen LogP contribution in [0.2, 0.25) is 0 Å². The summed E-state index contributed by atoms with van der Waals surface area (Å²) in [5, 5.41) is 23.4. The van der Waals surface area contributed by atoms with Gasteiger partial charge in [0.15, 0.2) is 0 Å². The number of nitrogens with two attached hydrogens (primary N) is 1. The number of azide groups is 1. The predicted molar refractivity (Wildman–Crippen MR) is 223 cm³/mol. The molecule has 0 fully saturated rings. The lowest BCUT2D eigenvalue weighted by atomic mass is 9.95. The van der Waals surface area contributed by atoms with E-state index in [1.807, 2.05) is 67.6 Å². The Bertz CT molecular complexity index is 1960. The third-order valence-electron chi connectivity index (χ3n) is 8.90. The molecule has 2 unspecified atom stereocenters. The van der Waals surface area contributed by atoms with Crippen LogP contribution in [-0.4, -0.2) is 113 Å². The Morgan fingerprint density at radius 3 is 2.19 bits per heavy atom. The molecule has 4 rings (SSSR count). The number of benzene rings is 3. The number of carbonyl (C=O) groups is 3. The van der Waals surface area contributed by atoms with Crippen molar-refractivity contribution in [3.05, 3.63) is 101 Å². The molecule has 6 N–H and O–H groups in total. The number of carboxylic acids is 1. The van der Waals surface area contributed by atoms with E-state index in [1.165, 1.54) is 0 Å². The Labute approximate surface area is 343 Å². The normalized spacial score (nSPS) is 12.0. The van der Waals surface area contributed by atoms with Gasteiger partial charge in [0, 0.05) is 29.6 Å². The summed E-state index contributed by atoms with van der Waals surface area (Å²) in [6.45, 7) is 6.17.